The molecule has 2 aromatic carbocycles. The molecule has 0 bridgehead atoms. The second kappa shape index (κ2) is 16.5. The van der Waals surface area contributed by atoms with Gasteiger partial charge in [-0.25, -0.2) is 9.59 Å². The van der Waals surface area contributed by atoms with Crippen LogP contribution in [0.3, 0.4) is 0 Å². The first-order valence-electron chi connectivity index (χ1n) is 14.2. The lowest BCUT2D eigenvalue weighted by molar-refractivity contribution is -0.145. The van der Waals surface area contributed by atoms with Gasteiger partial charge in [0.05, 0.1) is 25.7 Å². The van der Waals surface area contributed by atoms with E-state index >= 15 is 0 Å². The van der Waals surface area contributed by atoms with Gasteiger partial charge < -0.3 is 30.5 Å². The lowest BCUT2D eigenvalue weighted by Crippen LogP contribution is -2.54. The number of methoxy groups -OCH3 is 1. The quantitative estimate of drug-likeness (QED) is 0.250. The number of aliphatic hydroxyl groups is 1. The Bertz CT molecular complexity index is 1150. The van der Waals surface area contributed by atoms with Crippen LogP contribution in [-0.4, -0.2) is 65.9 Å². The van der Waals surface area contributed by atoms with E-state index < -0.39 is 53.7 Å². The molecule has 230 valence electrons. The molecule has 2 aromatic rings. The van der Waals surface area contributed by atoms with Crippen LogP contribution in [0.25, 0.3) is 0 Å². The molecule has 4 atom stereocenters. The molecule has 42 heavy (non-hydrogen) atoms. The Kier molecular flexibility index (Phi) is 13.5. The summed E-state index contributed by atoms with van der Waals surface area (Å²) in [4.78, 5) is 51.4. The number of amides is 3. The van der Waals surface area contributed by atoms with Gasteiger partial charge in [-0.2, -0.15) is 0 Å². The predicted molar refractivity (Wildman–Crippen MR) is 159 cm³/mol. The second-order valence-corrected chi connectivity index (χ2v) is 11.7. The Balaban J connectivity index is 2.13. The van der Waals surface area contributed by atoms with E-state index in [0.29, 0.717) is 6.42 Å². The Morgan fingerprint density at radius 3 is 1.86 bits per heavy atom. The SMILES string of the molecule is COC(=O)C(Cc1ccccc1)NC(=O)[C@H](CC(C)C)NC(=O)C[C@H](O)[C@H](Cc1ccccc1)NC(=O)OC(C)(C)C. The van der Waals surface area contributed by atoms with Crippen LogP contribution in [0.15, 0.2) is 60.7 Å². The summed E-state index contributed by atoms with van der Waals surface area (Å²) in [6, 6.07) is 15.7. The molecular formula is C32H45N3O7. The summed E-state index contributed by atoms with van der Waals surface area (Å²) in [5, 5.41) is 19.2. The molecule has 1 unspecified atom stereocenters. The molecule has 0 fully saturated rings. The Morgan fingerprint density at radius 2 is 1.36 bits per heavy atom. The van der Waals surface area contributed by atoms with Crippen molar-refractivity contribution in [3.8, 4) is 0 Å². The zero-order valence-electron chi connectivity index (χ0n) is 25.4. The fraction of sp³-hybridized carbons (Fsp3) is 0.500. The van der Waals surface area contributed by atoms with Crippen LogP contribution in [0.1, 0.15) is 58.6 Å². The van der Waals surface area contributed by atoms with E-state index in [4.69, 9.17) is 9.47 Å². The van der Waals surface area contributed by atoms with Crippen LogP contribution in [0, 0.1) is 5.92 Å². The molecule has 0 aliphatic carbocycles. The number of esters is 1. The molecule has 3 amide bonds. The number of rotatable bonds is 14. The summed E-state index contributed by atoms with van der Waals surface area (Å²) in [6.07, 6.45) is -1.59. The van der Waals surface area contributed by atoms with E-state index in [-0.39, 0.29) is 25.2 Å². The number of alkyl carbamates (subject to hydrolysis) is 1. The first-order chi connectivity index (χ1) is 19.8. The number of carbonyl (C=O) groups is 4. The van der Waals surface area contributed by atoms with Crippen LogP contribution in [0.5, 0.6) is 0 Å². The first kappa shape index (κ1) is 34.3. The monoisotopic (exact) mass is 583 g/mol. The molecule has 0 aliphatic heterocycles. The zero-order chi connectivity index (χ0) is 31.3. The van der Waals surface area contributed by atoms with Crippen LogP contribution in [-0.2, 0) is 36.7 Å². The van der Waals surface area contributed by atoms with Crippen molar-refractivity contribution in [3.05, 3.63) is 71.8 Å². The molecule has 0 radical (unpaired) electrons. The van der Waals surface area contributed by atoms with Gasteiger partial charge in [0, 0.05) is 6.42 Å². The fourth-order valence-corrected chi connectivity index (χ4v) is 4.36. The van der Waals surface area contributed by atoms with Crippen molar-refractivity contribution in [2.45, 2.75) is 90.1 Å². The maximum atomic E-state index is 13.3. The molecule has 0 aromatic heterocycles. The highest BCUT2D eigenvalue weighted by atomic mass is 16.6. The van der Waals surface area contributed by atoms with Crippen LogP contribution in [0.4, 0.5) is 4.79 Å². The third-order valence-electron chi connectivity index (χ3n) is 6.30. The topological polar surface area (TPSA) is 143 Å². The summed E-state index contributed by atoms with van der Waals surface area (Å²) < 4.78 is 10.3. The molecule has 4 N–H and O–H groups in total. The standard InChI is InChI=1S/C32H45N3O7/c1-21(2)17-25(29(38)34-26(30(39)41-6)19-23-15-11-8-12-16-23)33-28(37)20-27(36)24(18-22-13-9-7-10-14-22)35-31(40)42-32(3,4)5/h7-16,21,24-27,36H,17-20H2,1-6H3,(H,33,37)(H,34,38)(H,35,40)/t24-,25-,26?,27-/m0/s1. The van der Waals surface area contributed by atoms with E-state index in [0.717, 1.165) is 11.1 Å². The Morgan fingerprint density at radius 1 is 0.810 bits per heavy atom. The highest BCUT2D eigenvalue weighted by Crippen LogP contribution is 2.13. The van der Waals surface area contributed by atoms with Crippen molar-refractivity contribution < 1.29 is 33.8 Å². The van der Waals surface area contributed by atoms with Gasteiger partial charge in [-0.1, -0.05) is 74.5 Å². The van der Waals surface area contributed by atoms with Gasteiger partial charge in [0.25, 0.3) is 0 Å². The minimum absolute atomic E-state index is 0.0383. The average molecular weight is 584 g/mol. The number of nitrogens with one attached hydrogen (secondary N) is 3. The van der Waals surface area contributed by atoms with Gasteiger partial charge in [0.15, 0.2) is 0 Å². The number of hydrogen-bond donors (Lipinski definition) is 4. The van der Waals surface area contributed by atoms with Crippen LogP contribution in [0.2, 0.25) is 0 Å². The van der Waals surface area contributed by atoms with E-state index in [1.165, 1.54) is 7.11 Å². The van der Waals surface area contributed by atoms with E-state index in [1.807, 2.05) is 74.5 Å². The van der Waals surface area contributed by atoms with E-state index in [9.17, 15) is 24.3 Å². The molecule has 0 spiro atoms. The van der Waals surface area contributed by atoms with E-state index in [1.54, 1.807) is 20.8 Å². The van der Waals surface area contributed by atoms with Crippen molar-refractivity contribution in [1.82, 2.24) is 16.0 Å². The van der Waals surface area contributed by atoms with Crippen LogP contribution >= 0.6 is 0 Å². The number of benzene rings is 2. The lowest BCUT2D eigenvalue weighted by Gasteiger charge is -2.27. The predicted octanol–water partition coefficient (Wildman–Crippen LogP) is 3.30. The minimum Gasteiger partial charge on any atom is -0.467 e. The summed E-state index contributed by atoms with van der Waals surface area (Å²) in [5.74, 6) is -1.68. The molecule has 10 heteroatoms. The molecule has 0 saturated carbocycles. The maximum absolute atomic E-state index is 13.3. The largest absolute Gasteiger partial charge is 0.467 e. The third-order valence-corrected chi connectivity index (χ3v) is 6.30. The highest BCUT2D eigenvalue weighted by molar-refractivity contribution is 5.91. The first-order valence-corrected chi connectivity index (χ1v) is 14.2. The average Bonchev–Trinajstić information content (AvgIpc) is 2.91. The molecule has 10 nitrogen and oxygen atoms in total. The Hall–Kier alpha value is -3.92. The lowest BCUT2D eigenvalue weighted by atomic mass is 9.98. The van der Waals surface area contributed by atoms with Crippen molar-refractivity contribution in [3.63, 3.8) is 0 Å². The van der Waals surface area contributed by atoms with Gasteiger partial charge in [-0.3, -0.25) is 9.59 Å². The highest BCUT2D eigenvalue weighted by Gasteiger charge is 2.31. The van der Waals surface area contributed by atoms with Crippen molar-refractivity contribution in [2.24, 2.45) is 5.92 Å². The maximum Gasteiger partial charge on any atom is 0.407 e. The summed E-state index contributed by atoms with van der Waals surface area (Å²) in [5.41, 5.74) is 0.939. The summed E-state index contributed by atoms with van der Waals surface area (Å²) in [7, 11) is 1.25. The number of carbonyl (C=O) groups excluding carboxylic acids is 4. The summed E-state index contributed by atoms with van der Waals surface area (Å²) in [6.45, 7) is 9.00. The number of hydrogen-bond acceptors (Lipinski definition) is 7. The number of ether oxygens (including phenoxy) is 2. The molecular weight excluding hydrogens is 538 g/mol. The van der Waals surface area contributed by atoms with Crippen molar-refractivity contribution in [1.29, 1.82) is 0 Å². The molecule has 0 aliphatic rings. The third kappa shape index (κ3) is 12.7. The Labute approximate surface area is 248 Å². The smallest absolute Gasteiger partial charge is 0.407 e. The van der Waals surface area contributed by atoms with Crippen molar-refractivity contribution in [2.75, 3.05) is 7.11 Å². The van der Waals surface area contributed by atoms with Crippen molar-refractivity contribution >= 4 is 23.9 Å². The summed E-state index contributed by atoms with van der Waals surface area (Å²) >= 11 is 0. The second-order valence-electron chi connectivity index (χ2n) is 11.7. The van der Waals surface area contributed by atoms with Gasteiger partial charge in [0.1, 0.15) is 17.7 Å². The van der Waals surface area contributed by atoms with Gasteiger partial charge in [-0.15, -0.1) is 0 Å². The molecule has 0 saturated heterocycles. The van der Waals surface area contributed by atoms with Gasteiger partial charge in [-0.05, 0) is 50.7 Å². The van der Waals surface area contributed by atoms with Crippen LogP contribution < -0.4 is 16.0 Å². The number of aliphatic hydroxyl groups excluding tert-OH is 1. The van der Waals surface area contributed by atoms with Gasteiger partial charge >= 0.3 is 12.1 Å². The molecule has 2 rings (SSSR count). The normalized spacial score (nSPS) is 14.2. The zero-order valence-corrected chi connectivity index (χ0v) is 25.4. The van der Waals surface area contributed by atoms with Gasteiger partial charge in [0.2, 0.25) is 11.8 Å². The molecule has 0 heterocycles. The fourth-order valence-electron chi connectivity index (χ4n) is 4.36. The minimum atomic E-state index is -1.28. The van der Waals surface area contributed by atoms with E-state index in [2.05, 4.69) is 16.0 Å².